The van der Waals surface area contributed by atoms with Crippen LogP contribution in [0.5, 0.6) is 11.5 Å². The number of hydrogen-bond donors (Lipinski definition) is 1. The zero-order valence-electron chi connectivity index (χ0n) is 24.6. The summed E-state index contributed by atoms with van der Waals surface area (Å²) in [5, 5.41) is 11.8. The Morgan fingerprint density at radius 2 is 2.05 bits per heavy atom. The van der Waals surface area contributed by atoms with Crippen molar-refractivity contribution in [3.8, 4) is 11.5 Å². The quantitative estimate of drug-likeness (QED) is 0.0964. The van der Waals surface area contributed by atoms with Crippen LogP contribution < -0.4 is 14.4 Å². The molecule has 0 aliphatic carbocycles. The highest BCUT2D eigenvalue weighted by molar-refractivity contribution is 7.17. The number of carbonyl (C=O) groups excluding carboxylic acids is 3. The van der Waals surface area contributed by atoms with Crippen LogP contribution in [0.4, 0.5) is 5.13 Å². The first-order valence-corrected chi connectivity index (χ1v) is 15.0. The number of aliphatic hydroxyl groups is 1. The molecular weight excluding hydrogens is 568 g/mol. The summed E-state index contributed by atoms with van der Waals surface area (Å²) in [6.07, 6.45) is 2.96. The van der Waals surface area contributed by atoms with E-state index in [0.717, 1.165) is 29.1 Å². The number of aromatic nitrogens is 1. The first-order valence-electron chi connectivity index (χ1n) is 14.2. The third kappa shape index (κ3) is 6.06. The van der Waals surface area contributed by atoms with Crippen molar-refractivity contribution in [1.29, 1.82) is 0 Å². The number of benzene rings is 2. The number of amides is 1. The van der Waals surface area contributed by atoms with Crippen molar-refractivity contribution >= 4 is 39.9 Å². The molecule has 1 fully saturated rings. The third-order valence-corrected chi connectivity index (χ3v) is 8.40. The van der Waals surface area contributed by atoms with Crippen LogP contribution in [-0.2, 0) is 20.7 Å². The molecule has 43 heavy (non-hydrogen) atoms. The second-order valence-electron chi connectivity index (χ2n) is 11.0. The van der Waals surface area contributed by atoms with E-state index in [-0.39, 0.29) is 34.1 Å². The van der Waals surface area contributed by atoms with E-state index in [0.29, 0.717) is 41.5 Å². The van der Waals surface area contributed by atoms with E-state index in [4.69, 9.17) is 14.2 Å². The number of carbonyl (C=O) groups is 3. The molecule has 2 aromatic carbocycles. The number of Topliss-reactive ketones (excluding diaryl/α,β-unsaturated/α-hetero) is 1. The maximum atomic E-state index is 13.7. The highest BCUT2D eigenvalue weighted by Gasteiger charge is 2.48. The number of esters is 1. The number of nitrogens with zero attached hydrogens (tertiary/aromatic N) is 2. The molecule has 1 amide bonds. The van der Waals surface area contributed by atoms with Crippen LogP contribution in [0.25, 0.3) is 5.76 Å². The highest BCUT2D eigenvalue weighted by atomic mass is 32.1. The van der Waals surface area contributed by atoms with Crippen LogP contribution in [0.2, 0.25) is 0 Å². The van der Waals surface area contributed by atoms with Crippen molar-refractivity contribution in [3.05, 3.63) is 88.0 Å². The maximum absolute atomic E-state index is 13.7. The molecule has 0 spiro atoms. The summed E-state index contributed by atoms with van der Waals surface area (Å²) in [7, 11) is 0. The fourth-order valence-electron chi connectivity index (χ4n) is 5.13. The molecule has 0 saturated carbocycles. The van der Waals surface area contributed by atoms with Gasteiger partial charge in [0.25, 0.3) is 5.78 Å². The number of aryl methyl sites for hydroxylation is 1. The Hall–Kier alpha value is -4.44. The summed E-state index contributed by atoms with van der Waals surface area (Å²) < 4.78 is 17.0. The lowest BCUT2D eigenvalue weighted by Crippen LogP contribution is -2.29. The Morgan fingerprint density at radius 1 is 1.26 bits per heavy atom. The standard InChI is InChI=1S/C33H34N2O7S/c1-6-13-41-32(39)30-20(5)34-33(43-30)35-27(21-8-7-9-24(17-21)40-14-12-18(2)3)26(29(37)31(35)38)28(36)22-10-11-25-23(16-22)15-19(4)42-25/h6-11,16-19,27,36H,1,12-15H2,2-5H3/b28-26+/t19-,27-/m1/s1. The van der Waals surface area contributed by atoms with E-state index >= 15 is 0 Å². The number of ether oxygens (including phenoxy) is 3. The van der Waals surface area contributed by atoms with E-state index in [9.17, 15) is 19.5 Å². The third-order valence-electron chi connectivity index (χ3n) is 7.26. The Bertz CT molecular complexity index is 1620. The number of fused-ring (bicyclic) bond motifs is 1. The minimum atomic E-state index is -1.03. The van der Waals surface area contributed by atoms with Gasteiger partial charge in [-0.05, 0) is 67.6 Å². The lowest BCUT2D eigenvalue weighted by molar-refractivity contribution is -0.132. The van der Waals surface area contributed by atoms with Crippen molar-refractivity contribution < 1.29 is 33.7 Å². The molecule has 3 aromatic rings. The molecule has 0 radical (unpaired) electrons. The van der Waals surface area contributed by atoms with Gasteiger partial charge in [0.1, 0.15) is 34.8 Å². The van der Waals surface area contributed by atoms with E-state index in [1.54, 1.807) is 49.4 Å². The van der Waals surface area contributed by atoms with Gasteiger partial charge in [0.15, 0.2) is 5.13 Å². The molecular formula is C33H34N2O7S. The van der Waals surface area contributed by atoms with Crippen molar-refractivity contribution in [2.24, 2.45) is 5.92 Å². The molecule has 0 unspecified atom stereocenters. The molecule has 2 aliphatic rings. The normalized spacial score (nSPS) is 19.0. The van der Waals surface area contributed by atoms with E-state index in [1.165, 1.54) is 11.0 Å². The molecule has 0 bridgehead atoms. The van der Waals surface area contributed by atoms with Gasteiger partial charge in [-0.25, -0.2) is 9.78 Å². The predicted molar refractivity (Wildman–Crippen MR) is 164 cm³/mol. The Labute approximate surface area is 254 Å². The molecule has 3 heterocycles. The maximum Gasteiger partial charge on any atom is 0.350 e. The molecule has 5 rings (SSSR count). The molecule has 1 N–H and O–H groups in total. The summed E-state index contributed by atoms with van der Waals surface area (Å²) >= 11 is 0.948. The van der Waals surface area contributed by atoms with Gasteiger partial charge < -0.3 is 19.3 Å². The largest absolute Gasteiger partial charge is 0.507 e. The zero-order valence-corrected chi connectivity index (χ0v) is 25.4. The Kier molecular flexibility index (Phi) is 8.68. The van der Waals surface area contributed by atoms with Gasteiger partial charge in [-0.15, -0.1) is 0 Å². The van der Waals surface area contributed by atoms with Gasteiger partial charge in [0, 0.05) is 12.0 Å². The van der Waals surface area contributed by atoms with Gasteiger partial charge in [-0.1, -0.05) is 50.0 Å². The predicted octanol–water partition coefficient (Wildman–Crippen LogP) is 6.17. The summed E-state index contributed by atoms with van der Waals surface area (Å²) in [6.45, 7) is 11.9. The molecule has 224 valence electrons. The molecule has 1 saturated heterocycles. The molecule has 9 nitrogen and oxygen atoms in total. The van der Waals surface area contributed by atoms with Crippen LogP contribution >= 0.6 is 11.3 Å². The highest BCUT2D eigenvalue weighted by Crippen LogP contribution is 2.45. The van der Waals surface area contributed by atoms with E-state index in [2.05, 4.69) is 25.4 Å². The van der Waals surface area contributed by atoms with Crippen LogP contribution in [0, 0.1) is 12.8 Å². The number of ketones is 1. The SMILES string of the molecule is C=CCOC(=O)c1sc(N2C(=O)C(=O)/C(=C(/O)c3ccc4c(c3)C[C@@H](C)O4)[C@H]2c2cccc(OCCC(C)C)c2)nc1C. The van der Waals surface area contributed by atoms with E-state index < -0.39 is 23.7 Å². The fraction of sp³-hybridized carbons (Fsp3) is 0.333. The number of aliphatic hydroxyl groups excluding tert-OH is 1. The molecule has 1 aromatic heterocycles. The Morgan fingerprint density at radius 3 is 2.79 bits per heavy atom. The average molecular weight is 603 g/mol. The first-order chi connectivity index (χ1) is 20.6. The second kappa shape index (κ2) is 12.4. The Balaban J connectivity index is 1.62. The van der Waals surface area contributed by atoms with Gasteiger partial charge in [-0.3, -0.25) is 14.5 Å². The summed E-state index contributed by atoms with van der Waals surface area (Å²) in [5.74, 6) is -0.894. The summed E-state index contributed by atoms with van der Waals surface area (Å²) in [4.78, 5) is 46.0. The van der Waals surface area contributed by atoms with Crippen LogP contribution in [0.1, 0.15) is 65.3 Å². The zero-order chi connectivity index (χ0) is 30.8. The fourth-order valence-corrected chi connectivity index (χ4v) is 6.12. The number of hydrogen-bond acceptors (Lipinski definition) is 9. The van der Waals surface area contributed by atoms with Gasteiger partial charge >= 0.3 is 11.9 Å². The summed E-state index contributed by atoms with van der Waals surface area (Å²) in [5.41, 5.74) is 2.12. The van der Waals surface area contributed by atoms with Gasteiger partial charge in [-0.2, -0.15) is 0 Å². The van der Waals surface area contributed by atoms with Crippen molar-refractivity contribution in [2.75, 3.05) is 18.1 Å². The smallest absolute Gasteiger partial charge is 0.350 e. The monoisotopic (exact) mass is 602 g/mol. The topological polar surface area (TPSA) is 115 Å². The number of thiazole rings is 1. The van der Waals surface area contributed by atoms with E-state index in [1.807, 2.05) is 6.92 Å². The first kappa shape index (κ1) is 30.0. The average Bonchev–Trinajstić information content (AvgIpc) is 3.62. The molecule has 2 aliphatic heterocycles. The summed E-state index contributed by atoms with van der Waals surface area (Å²) in [6, 6.07) is 11.3. The van der Waals surface area contributed by atoms with Gasteiger partial charge in [0.2, 0.25) is 0 Å². The minimum Gasteiger partial charge on any atom is -0.507 e. The van der Waals surface area contributed by atoms with Gasteiger partial charge in [0.05, 0.1) is 23.9 Å². The lowest BCUT2D eigenvalue weighted by Gasteiger charge is -2.23. The molecule has 10 heteroatoms. The number of rotatable bonds is 10. The second-order valence-corrected chi connectivity index (χ2v) is 12.0. The van der Waals surface area contributed by atoms with Crippen LogP contribution in [0.15, 0.2) is 60.7 Å². The van der Waals surface area contributed by atoms with Crippen LogP contribution in [0.3, 0.4) is 0 Å². The molecule has 2 atom stereocenters. The van der Waals surface area contributed by atoms with Crippen molar-refractivity contribution in [2.45, 2.75) is 52.7 Å². The van der Waals surface area contributed by atoms with Crippen molar-refractivity contribution in [3.63, 3.8) is 0 Å². The minimum absolute atomic E-state index is 0.00285. The van der Waals surface area contributed by atoms with Crippen molar-refractivity contribution in [1.82, 2.24) is 4.98 Å². The lowest BCUT2D eigenvalue weighted by atomic mass is 9.94. The number of anilines is 1. The van der Waals surface area contributed by atoms with Crippen LogP contribution in [-0.4, -0.2) is 47.1 Å².